The van der Waals surface area contributed by atoms with Gasteiger partial charge in [-0.25, -0.2) is 0 Å². The van der Waals surface area contributed by atoms with Gasteiger partial charge in [0.25, 0.3) is 0 Å². The number of hydrogen-bond donors (Lipinski definition) is 1. The minimum atomic E-state index is -0.983. The molecule has 0 aromatic carbocycles. The summed E-state index contributed by atoms with van der Waals surface area (Å²) >= 11 is 0. The second-order valence-corrected chi connectivity index (χ2v) is 4.26. The minimum Gasteiger partial charge on any atom is -0.468 e. The van der Waals surface area contributed by atoms with Gasteiger partial charge in [-0.05, 0) is 12.8 Å². The monoisotopic (exact) mass is 244 g/mol. The Morgan fingerprint density at radius 1 is 1.53 bits per heavy atom. The molecule has 1 amide bonds. The molecule has 1 aliphatic heterocycles. The second kappa shape index (κ2) is 5.97. The fraction of sp³-hybridized carbons (Fsp3) is 0.818. The van der Waals surface area contributed by atoms with E-state index < -0.39 is 11.5 Å². The third-order valence-electron chi connectivity index (χ3n) is 2.81. The molecule has 1 unspecified atom stereocenters. The molecular weight excluding hydrogens is 224 g/mol. The lowest BCUT2D eigenvalue weighted by Crippen LogP contribution is -2.57. The van der Waals surface area contributed by atoms with E-state index in [9.17, 15) is 9.59 Å². The Hall–Kier alpha value is -1.14. The van der Waals surface area contributed by atoms with Gasteiger partial charge in [0.05, 0.1) is 13.7 Å². The van der Waals surface area contributed by atoms with Crippen LogP contribution in [0.3, 0.4) is 0 Å². The van der Waals surface area contributed by atoms with Crippen LogP contribution in [0.25, 0.3) is 0 Å². The molecule has 0 saturated carbocycles. The van der Waals surface area contributed by atoms with E-state index in [1.54, 1.807) is 0 Å². The SMILES string of the molecule is CCCN(CC(=O)OC)C(=O)C1(N)CCOC1. The topological polar surface area (TPSA) is 81.9 Å². The number of nitrogens with two attached hydrogens (primary N) is 1. The predicted octanol–water partition coefficient (Wildman–Crippen LogP) is -0.484. The lowest BCUT2D eigenvalue weighted by Gasteiger charge is -2.29. The smallest absolute Gasteiger partial charge is 0.325 e. The first-order valence-electron chi connectivity index (χ1n) is 5.76. The molecule has 1 atom stereocenters. The molecule has 0 bridgehead atoms. The van der Waals surface area contributed by atoms with Gasteiger partial charge < -0.3 is 20.1 Å². The summed E-state index contributed by atoms with van der Waals surface area (Å²) in [5.74, 6) is -0.670. The van der Waals surface area contributed by atoms with E-state index in [2.05, 4.69) is 4.74 Å². The maximum absolute atomic E-state index is 12.2. The van der Waals surface area contributed by atoms with Crippen LogP contribution in [0, 0.1) is 0 Å². The maximum Gasteiger partial charge on any atom is 0.325 e. The van der Waals surface area contributed by atoms with Crippen molar-refractivity contribution in [2.24, 2.45) is 5.73 Å². The highest BCUT2D eigenvalue weighted by molar-refractivity contribution is 5.89. The summed E-state index contributed by atoms with van der Waals surface area (Å²) in [5.41, 5.74) is 5.00. The molecule has 1 fully saturated rings. The highest BCUT2D eigenvalue weighted by atomic mass is 16.5. The van der Waals surface area contributed by atoms with Gasteiger partial charge in [-0.15, -0.1) is 0 Å². The van der Waals surface area contributed by atoms with Crippen LogP contribution in [-0.4, -0.2) is 55.7 Å². The number of amides is 1. The van der Waals surface area contributed by atoms with Crippen molar-refractivity contribution in [2.75, 3.05) is 33.4 Å². The van der Waals surface area contributed by atoms with Crippen molar-refractivity contribution < 1.29 is 19.1 Å². The summed E-state index contributed by atoms with van der Waals surface area (Å²) in [7, 11) is 1.30. The van der Waals surface area contributed by atoms with E-state index in [1.807, 2.05) is 6.92 Å². The number of carbonyl (C=O) groups excluding carboxylic acids is 2. The first-order valence-corrected chi connectivity index (χ1v) is 5.76. The van der Waals surface area contributed by atoms with Gasteiger partial charge in [0, 0.05) is 13.2 Å². The molecule has 0 spiro atoms. The normalized spacial score (nSPS) is 23.5. The molecular formula is C11H20N2O4. The van der Waals surface area contributed by atoms with Crippen LogP contribution in [-0.2, 0) is 19.1 Å². The van der Waals surface area contributed by atoms with Gasteiger partial charge in [0.1, 0.15) is 12.1 Å². The van der Waals surface area contributed by atoms with Crippen LogP contribution in [0.15, 0.2) is 0 Å². The molecule has 2 N–H and O–H groups in total. The lowest BCUT2D eigenvalue weighted by atomic mass is 9.98. The third kappa shape index (κ3) is 3.41. The third-order valence-corrected chi connectivity index (χ3v) is 2.81. The van der Waals surface area contributed by atoms with Crippen LogP contribution in [0.2, 0.25) is 0 Å². The second-order valence-electron chi connectivity index (χ2n) is 4.26. The Bertz CT molecular complexity index is 287. The molecule has 1 saturated heterocycles. The summed E-state index contributed by atoms with van der Waals surface area (Å²) in [6.07, 6.45) is 1.26. The molecule has 17 heavy (non-hydrogen) atoms. The quantitative estimate of drug-likeness (QED) is 0.660. The molecule has 6 nitrogen and oxygen atoms in total. The van der Waals surface area contributed by atoms with Crippen molar-refractivity contribution >= 4 is 11.9 Å². The largest absolute Gasteiger partial charge is 0.468 e. The van der Waals surface area contributed by atoms with E-state index in [4.69, 9.17) is 10.5 Å². The van der Waals surface area contributed by atoms with Gasteiger partial charge in [-0.1, -0.05) is 6.92 Å². The average Bonchev–Trinajstić information content (AvgIpc) is 2.75. The summed E-state index contributed by atoms with van der Waals surface area (Å²) in [6.45, 7) is 3.08. The van der Waals surface area contributed by atoms with Crippen LogP contribution >= 0.6 is 0 Å². The number of hydrogen-bond acceptors (Lipinski definition) is 5. The summed E-state index contributed by atoms with van der Waals surface area (Å²) in [5, 5.41) is 0. The molecule has 1 aliphatic rings. The highest BCUT2D eigenvalue weighted by Gasteiger charge is 2.41. The molecule has 1 rings (SSSR count). The molecule has 1 heterocycles. The zero-order valence-electron chi connectivity index (χ0n) is 10.4. The number of rotatable bonds is 5. The fourth-order valence-corrected chi connectivity index (χ4v) is 1.81. The number of ether oxygens (including phenoxy) is 2. The van der Waals surface area contributed by atoms with Gasteiger partial charge in [0.15, 0.2) is 0 Å². The zero-order valence-corrected chi connectivity index (χ0v) is 10.4. The van der Waals surface area contributed by atoms with Crippen molar-refractivity contribution in [2.45, 2.75) is 25.3 Å². The minimum absolute atomic E-state index is 0.0534. The number of methoxy groups -OCH3 is 1. The Morgan fingerprint density at radius 3 is 2.71 bits per heavy atom. The van der Waals surface area contributed by atoms with Crippen LogP contribution in [0.4, 0.5) is 0 Å². The van der Waals surface area contributed by atoms with Crippen LogP contribution < -0.4 is 5.73 Å². The van der Waals surface area contributed by atoms with Crippen molar-refractivity contribution in [3.63, 3.8) is 0 Å². The van der Waals surface area contributed by atoms with Gasteiger partial charge in [-0.2, -0.15) is 0 Å². The van der Waals surface area contributed by atoms with Crippen molar-refractivity contribution in [1.82, 2.24) is 4.90 Å². The zero-order chi connectivity index (χ0) is 12.9. The first kappa shape index (κ1) is 13.9. The van der Waals surface area contributed by atoms with E-state index in [0.29, 0.717) is 19.6 Å². The maximum atomic E-state index is 12.2. The Morgan fingerprint density at radius 2 is 2.24 bits per heavy atom. The highest BCUT2D eigenvalue weighted by Crippen LogP contribution is 2.18. The molecule has 0 aromatic heterocycles. The lowest BCUT2D eigenvalue weighted by molar-refractivity contribution is -0.149. The van der Waals surface area contributed by atoms with Gasteiger partial charge in [-0.3, -0.25) is 9.59 Å². The van der Waals surface area contributed by atoms with E-state index in [0.717, 1.165) is 6.42 Å². The molecule has 98 valence electrons. The fourth-order valence-electron chi connectivity index (χ4n) is 1.81. The Labute approximate surface area is 101 Å². The van der Waals surface area contributed by atoms with Crippen LogP contribution in [0.1, 0.15) is 19.8 Å². The predicted molar refractivity (Wildman–Crippen MR) is 61.2 cm³/mol. The summed E-state index contributed by atoms with van der Waals surface area (Å²) in [6, 6.07) is 0. The number of carbonyl (C=O) groups is 2. The standard InChI is InChI=1S/C11H20N2O4/c1-3-5-13(7-9(14)16-2)10(15)11(12)4-6-17-8-11/h3-8,12H2,1-2H3. The molecule has 0 aliphatic carbocycles. The number of nitrogens with zero attached hydrogens (tertiary/aromatic N) is 1. The van der Waals surface area contributed by atoms with Crippen molar-refractivity contribution in [3.05, 3.63) is 0 Å². The van der Waals surface area contributed by atoms with Gasteiger partial charge in [0.2, 0.25) is 5.91 Å². The Balaban J connectivity index is 2.68. The summed E-state index contributed by atoms with van der Waals surface area (Å²) < 4.78 is 9.72. The molecule has 0 radical (unpaired) electrons. The van der Waals surface area contributed by atoms with E-state index in [1.165, 1.54) is 12.0 Å². The Kier molecular flexibility index (Phi) is 4.89. The van der Waals surface area contributed by atoms with Crippen molar-refractivity contribution in [1.29, 1.82) is 0 Å². The first-order chi connectivity index (χ1) is 8.03. The summed E-state index contributed by atoms with van der Waals surface area (Å²) in [4.78, 5) is 24.9. The van der Waals surface area contributed by atoms with Crippen molar-refractivity contribution in [3.8, 4) is 0 Å². The van der Waals surface area contributed by atoms with E-state index in [-0.39, 0.29) is 19.1 Å². The van der Waals surface area contributed by atoms with Gasteiger partial charge >= 0.3 is 5.97 Å². The average molecular weight is 244 g/mol. The molecule has 6 heteroatoms. The number of esters is 1. The van der Waals surface area contributed by atoms with E-state index >= 15 is 0 Å². The van der Waals surface area contributed by atoms with Crippen LogP contribution in [0.5, 0.6) is 0 Å². The molecule has 0 aromatic rings.